The summed E-state index contributed by atoms with van der Waals surface area (Å²) in [5, 5.41) is 34.9. The highest BCUT2D eigenvalue weighted by molar-refractivity contribution is 5.95. The molecule has 3 fully saturated rings. The molecule has 2 aromatic carbocycles. The van der Waals surface area contributed by atoms with E-state index < -0.39 is 70.2 Å². The van der Waals surface area contributed by atoms with Gasteiger partial charge in [-0.1, -0.05) is 61.9 Å². The Morgan fingerprint density at radius 3 is 2.14 bits per heavy atom. The van der Waals surface area contributed by atoms with Gasteiger partial charge in [0.1, 0.15) is 12.7 Å². The first-order chi connectivity index (χ1) is 20.4. The number of ether oxygens (including phenoxy) is 2. The van der Waals surface area contributed by atoms with E-state index in [4.69, 9.17) is 9.47 Å². The zero-order valence-electron chi connectivity index (χ0n) is 24.9. The summed E-state index contributed by atoms with van der Waals surface area (Å²) in [7, 11) is 0. The number of rotatable bonds is 6. The number of aliphatic hydroxyl groups is 3. The van der Waals surface area contributed by atoms with Crippen LogP contribution in [0.3, 0.4) is 0 Å². The van der Waals surface area contributed by atoms with Crippen LogP contribution in [-0.2, 0) is 14.3 Å². The van der Waals surface area contributed by atoms with Crippen molar-refractivity contribution in [1.82, 2.24) is 0 Å². The Hall–Kier alpha value is -3.33. The van der Waals surface area contributed by atoms with Crippen LogP contribution in [0.25, 0.3) is 0 Å². The molecule has 2 bridgehead atoms. The molecule has 43 heavy (non-hydrogen) atoms. The van der Waals surface area contributed by atoms with Gasteiger partial charge >= 0.3 is 11.9 Å². The van der Waals surface area contributed by atoms with Crippen molar-refractivity contribution in [2.45, 2.75) is 64.3 Å². The quantitative estimate of drug-likeness (QED) is 0.339. The van der Waals surface area contributed by atoms with Crippen LogP contribution < -0.4 is 0 Å². The predicted molar refractivity (Wildman–Crippen MR) is 157 cm³/mol. The summed E-state index contributed by atoms with van der Waals surface area (Å²) in [6.45, 7) is 4.62. The number of carbonyl (C=O) groups excluding carboxylic acids is 3. The van der Waals surface area contributed by atoms with Crippen LogP contribution in [0.1, 0.15) is 67.2 Å². The molecule has 0 heterocycles. The molecule has 8 heteroatoms. The van der Waals surface area contributed by atoms with Crippen LogP contribution in [0.15, 0.2) is 72.3 Å². The average molecular weight is 589 g/mol. The Labute approximate surface area is 251 Å². The number of hydrogen-bond acceptors (Lipinski definition) is 8. The van der Waals surface area contributed by atoms with Crippen molar-refractivity contribution in [2.24, 2.45) is 34.0 Å². The normalized spacial score (nSPS) is 37.5. The number of fused-ring (bicyclic) bond motifs is 3. The van der Waals surface area contributed by atoms with Gasteiger partial charge in [-0.2, -0.15) is 0 Å². The van der Waals surface area contributed by atoms with E-state index in [1.165, 1.54) is 0 Å². The maximum atomic E-state index is 14.8. The minimum Gasteiger partial charge on any atom is -0.461 e. The number of carbonyl (C=O) groups is 3. The molecule has 8 atom stereocenters. The highest BCUT2D eigenvalue weighted by Gasteiger charge is 2.80. The van der Waals surface area contributed by atoms with E-state index in [0.717, 1.165) is 5.57 Å². The molecule has 3 N–H and O–H groups in total. The van der Waals surface area contributed by atoms with Gasteiger partial charge in [0, 0.05) is 11.8 Å². The molecule has 4 aliphatic rings. The molecule has 0 unspecified atom stereocenters. The van der Waals surface area contributed by atoms with Crippen molar-refractivity contribution in [2.75, 3.05) is 13.2 Å². The summed E-state index contributed by atoms with van der Waals surface area (Å²) in [5.41, 5.74) is -4.29. The van der Waals surface area contributed by atoms with Gasteiger partial charge in [0.25, 0.3) is 0 Å². The Bertz CT molecular complexity index is 1450. The number of esters is 2. The first-order valence-corrected chi connectivity index (χ1v) is 15.2. The molecule has 0 radical (unpaired) electrons. The van der Waals surface area contributed by atoms with Gasteiger partial charge < -0.3 is 24.8 Å². The van der Waals surface area contributed by atoms with Crippen LogP contribution in [-0.4, -0.2) is 64.1 Å². The number of ketones is 1. The predicted octanol–water partition coefficient (Wildman–Crippen LogP) is 4.13. The van der Waals surface area contributed by atoms with Crippen LogP contribution in [0.2, 0.25) is 0 Å². The Morgan fingerprint density at radius 1 is 0.930 bits per heavy atom. The Balaban J connectivity index is 1.54. The SMILES string of the molecule is CC1=C[C@]23[C@H](O)[C@H]1CC[C@H]2[C@@]1(COC(=O)c2ccccc2)[C@H](C(=O)[C@@]3(O)CO)C(C)(C)CC[C@H]1OC(=O)c1ccccc1. The molecule has 0 saturated heterocycles. The van der Waals surface area contributed by atoms with Crippen molar-refractivity contribution in [1.29, 1.82) is 0 Å². The van der Waals surface area contributed by atoms with Crippen LogP contribution >= 0.6 is 0 Å². The van der Waals surface area contributed by atoms with Crippen LogP contribution in [0.4, 0.5) is 0 Å². The van der Waals surface area contributed by atoms with Crippen LogP contribution in [0, 0.1) is 34.0 Å². The van der Waals surface area contributed by atoms with Crippen LogP contribution in [0.5, 0.6) is 0 Å². The minimum absolute atomic E-state index is 0.258. The third-order valence-corrected chi connectivity index (χ3v) is 11.2. The van der Waals surface area contributed by atoms with Gasteiger partial charge in [-0.05, 0) is 68.2 Å². The van der Waals surface area contributed by atoms with E-state index in [9.17, 15) is 29.7 Å². The van der Waals surface area contributed by atoms with Gasteiger partial charge in [-0.15, -0.1) is 0 Å². The van der Waals surface area contributed by atoms with Crippen molar-refractivity contribution < 1.29 is 39.2 Å². The highest BCUT2D eigenvalue weighted by Crippen LogP contribution is 2.72. The first-order valence-electron chi connectivity index (χ1n) is 15.2. The molecule has 6 rings (SSSR count). The van der Waals surface area contributed by atoms with E-state index in [1.807, 2.05) is 20.8 Å². The van der Waals surface area contributed by atoms with Crippen molar-refractivity contribution in [3.05, 3.63) is 83.4 Å². The molecule has 1 spiro atoms. The number of aliphatic hydroxyl groups excluding tert-OH is 2. The molecule has 0 aromatic heterocycles. The van der Waals surface area contributed by atoms with E-state index >= 15 is 0 Å². The largest absolute Gasteiger partial charge is 0.461 e. The maximum absolute atomic E-state index is 14.8. The first kappa shape index (κ1) is 29.7. The summed E-state index contributed by atoms with van der Waals surface area (Å²) in [6, 6.07) is 17.1. The van der Waals surface area contributed by atoms with Crippen molar-refractivity contribution >= 4 is 17.7 Å². The number of hydrogen-bond donors (Lipinski definition) is 3. The maximum Gasteiger partial charge on any atom is 0.338 e. The fourth-order valence-corrected chi connectivity index (χ4v) is 9.38. The molecule has 4 aliphatic carbocycles. The van der Waals surface area contributed by atoms with Crippen molar-refractivity contribution in [3.8, 4) is 0 Å². The number of benzene rings is 2. The summed E-state index contributed by atoms with van der Waals surface area (Å²) < 4.78 is 12.4. The Kier molecular flexibility index (Phi) is 7.18. The second kappa shape index (κ2) is 10.4. The second-order valence-corrected chi connectivity index (χ2v) is 13.7. The van der Waals surface area contributed by atoms with E-state index in [0.29, 0.717) is 36.8 Å². The third kappa shape index (κ3) is 4.10. The second-order valence-electron chi connectivity index (χ2n) is 13.7. The lowest BCUT2D eigenvalue weighted by Crippen LogP contribution is -2.79. The van der Waals surface area contributed by atoms with E-state index in [1.54, 1.807) is 66.7 Å². The lowest BCUT2D eigenvalue weighted by atomic mass is 9.35. The minimum atomic E-state index is -2.27. The van der Waals surface area contributed by atoms with Gasteiger partial charge in [0.2, 0.25) is 0 Å². The third-order valence-electron chi connectivity index (χ3n) is 11.2. The topological polar surface area (TPSA) is 130 Å². The van der Waals surface area contributed by atoms with Gasteiger partial charge in [0.05, 0.1) is 34.7 Å². The molecule has 228 valence electrons. The standard InChI is InChI=1S/C35H40O8/c1-21-18-34-25(15-14-24(21)28(34)37)33(20-42-30(39)22-10-6-4-7-11-22)26(43-31(40)23-12-8-5-9-13-23)16-17-32(2,3)27(33)29(38)35(34,41)19-36/h4-13,18,24-28,36-37,41H,14-17,19-20H2,1-3H3/t24-,25-,26+,27+,28+,33+,34+,35-/m0/s1. The molecular weight excluding hydrogens is 548 g/mol. The molecule has 0 amide bonds. The fraction of sp³-hybridized carbons (Fsp3) is 0.514. The summed E-state index contributed by atoms with van der Waals surface area (Å²) >= 11 is 0. The molecular formula is C35H40O8. The molecule has 3 saturated carbocycles. The summed E-state index contributed by atoms with van der Waals surface area (Å²) in [6.07, 6.45) is 1.70. The average Bonchev–Trinajstić information content (AvgIpc) is 3.14. The monoisotopic (exact) mass is 588 g/mol. The highest BCUT2D eigenvalue weighted by atomic mass is 16.6. The lowest BCUT2D eigenvalue weighted by Gasteiger charge is -2.69. The Morgan fingerprint density at radius 2 is 1.53 bits per heavy atom. The summed E-state index contributed by atoms with van der Waals surface area (Å²) in [4.78, 5) is 41.8. The van der Waals surface area contributed by atoms with E-state index in [2.05, 4.69) is 0 Å². The number of Topliss-reactive ketones (excluding diaryl/α,β-unsaturated/α-hetero) is 1. The fourth-order valence-electron chi connectivity index (χ4n) is 9.38. The van der Waals surface area contributed by atoms with Gasteiger partial charge in [-0.25, -0.2) is 9.59 Å². The molecule has 0 aliphatic heterocycles. The van der Waals surface area contributed by atoms with Gasteiger partial charge in [0.15, 0.2) is 11.4 Å². The van der Waals surface area contributed by atoms with E-state index in [-0.39, 0.29) is 12.5 Å². The summed E-state index contributed by atoms with van der Waals surface area (Å²) in [5.74, 6) is -3.64. The lowest BCUT2D eigenvalue weighted by molar-refractivity contribution is -0.278. The van der Waals surface area contributed by atoms with Gasteiger partial charge in [-0.3, -0.25) is 4.79 Å². The smallest absolute Gasteiger partial charge is 0.338 e. The zero-order chi connectivity index (χ0) is 30.8. The molecule has 8 nitrogen and oxygen atoms in total. The molecule has 2 aromatic rings. The zero-order valence-corrected chi connectivity index (χ0v) is 24.9. The van der Waals surface area contributed by atoms with Crippen molar-refractivity contribution in [3.63, 3.8) is 0 Å².